The standard InChI is InChI=1S/C9H5ClF5NO3/c10-6-3(2-5(17)18)1-4(7(11)12)8(16-6)19-9(13,14)15/h1,7H,2H2,(H,17,18). The second-order valence-electron chi connectivity index (χ2n) is 3.25. The normalized spacial score (nSPS) is 11.7. The van der Waals surface area contributed by atoms with E-state index in [0.29, 0.717) is 6.07 Å². The van der Waals surface area contributed by atoms with E-state index in [2.05, 4.69) is 9.72 Å². The van der Waals surface area contributed by atoms with E-state index in [1.807, 2.05) is 0 Å². The first-order valence-corrected chi connectivity index (χ1v) is 4.93. The number of alkyl halides is 5. The molecule has 0 bridgehead atoms. The zero-order valence-corrected chi connectivity index (χ0v) is 9.60. The molecule has 106 valence electrons. The van der Waals surface area contributed by atoms with Crippen LogP contribution in [0.25, 0.3) is 0 Å². The van der Waals surface area contributed by atoms with Crippen molar-refractivity contribution in [1.29, 1.82) is 0 Å². The lowest BCUT2D eigenvalue weighted by Crippen LogP contribution is -2.19. The van der Waals surface area contributed by atoms with E-state index in [-0.39, 0.29) is 5.56 Å². The zero-order chi connectivity index (χ0) is 14.8. The number of aliphatic carboxylic acids is 1. The molecule has 0 aliphatic carbocycles. The molecule has 0 atom stereocenters. The summed E-state index contributed by atoms with van der Waals surface area (Å²) in [4.78, 5) is 13.4. The van der Waals surface area contributed by atoms with Gasteiger partial charge in [-0.2, -0.15) is 0 Å². The van der Waals surface area contributed by atoms with Crippen molar-refractivity contribution in [3.63, 3.8) is 0 Å². The number of rotatable bonds is 4. The van der Waals surface area contributed by atoms with Crippen molar-refractivity contribution >= 4 is 17.6 Å². The van der Waals surface area contributed by atoms with Crippen molar-refractivity contribution in [2.24, 2.45) is 0 Å². The second kappa shape index (κ2) is 5.55. The molecule has 1 rings (SSSR count). The van der Waals surface area contributed by atoms with Gasteiger partial charge in [0.25, 0.3) is 6.43 Å². The number of nitrogens with zero attached hydrogens (tertiary/aromatic N) is 1. The van der Waals surface area contributed by atoms with Crippen molar-refractivity contribution in [1.82, 2.24) is 4.98 Å². The molecule has 0 aliphatic rings. The van der Waals surface area contributed by atoms with Gasteiger partial charge in [0.05, 0.1) is 12.0 Å². The van der Waals surface area contributed by atoms with Gasteiger partial charge in [0.15, 0.2) is 0 Å². The molecule has 1 heterocycles. The summed E-state index contributed by atoms with van der Waals surface area (Å²) in [5, 5.41) is 7.84. The molecular weight excluding hydrogens is 301 g/mol. The summed E-state index contributed by atoms with van der Waals surface area (Å²) in [6.07, 6.45) is -9.29. The first-order valence-electron chi connectivity index (χ1n) is 4.55. The Morgan fingerprint density at radius 1 is 1.47 bits per heavy atom. The molecule has 0 saturated carbocycles. The molecular formula is C9H5ClF5NO3. The van der Waals surface area contributed by atoms with Crippen LogP contribution in [0.15, 0.2) is 6.07 Å². The molecule has 1 aromatic rings. The lowest BCUT2D eigenvalue weighted by Gasteiger charge is -2.13. The largest absolute Gasteiger partial charge is 0.574 e. The summed E-state index contributed by atoms with van der Waals surface area (Å²) < 4.78 is 64.4. The van der Waals surface area contributed by atoms with Gasteiger partial charge in [-0.25, -0.2) is 13.8 Å². The average molecular weight is 306 g/mol. The lowest BCUT2D eigenvalue weighted by molar-refractivity contribution is -0.276. The number of pyridine rings is 1. The van der Waals surface area contributed by atoms with Crippen LogP contribution in [-0.2, 0) is 11.2 Å². The Labute approximate surface area is 107 Å². The predicted molar refractivity (Wildman–Crippen MR) is 52.2 cm³/mol. The Bertz CT molecular complexity index is 491. The number of halogens is 6. The number of aromatic nitrogens is 1. The number of hydrogen-bond donors (Lipinski definition) is 1. The second-order valence-corrected chi connectivity index (χ2v) is 3.61. The van der Waals surface area contributed by atoms with Gasteiger partial charge in [-0.3, -0.25) is 4.79 Å². The highest BCUT2D eigenvalue weighted by Crippen LogP contribution is 2.34. The molecule has 0 aliphatic heterocycles. The molecule has 0 unspecified atom stereocenters. The fraction of sp³-hybridized carbons (Fsp3) is 0.333. The van der Waals surface area contributed by atoms with E-state index in [0.717, 1.165) is 0 Å². The first kappa shape index (κ1) is 15.4. The highest BCUT2D eigenvalue weighted by molar-refractivity contribution is 6.30. The van der Waals surface area contributed by atoms with Gasteiger partial charge < -0.3 is 9.84 Å². The van der Waals surface area contributed by atoms with Crippen LogP contribution >= 0.6 is 11.6 Å². The molecule has 1 aromatic heterocycles. The van der Waals surface area contributed by atoms with Crippen molar-refractivity contribution in [3.8, 4) is 5.88 Å². The minimum atomic E-state index is -5.21. The Balaban J connectivity index is 3.25. The van der Waals surface area contributed by atoms with Crippen LogP contribution in [-0.4, -0.2) is 22.4 Å². The molecule has 4 nitrogen and oxygen atoms in total. The van der Waals surface area contributed by atoms with Gasteiger partial charge in [-0.15, -0.1) is 13.2 Å². The molecule has 0 saturated heterocycles. The highest BCUT2D eigenvalue weighted by Gasteiger charge is 2.34. The van der Waals surface area contributed by atoms with Crippen molar-refractivity contribution in [3.05, 3.63) is 22.3 Å². The quantitative estimate of drug-likeness (QED) is 0.685. The number of ether oxygens (including phenoxy) is 1. The summed E-state index contributed by atoms with van der Waals surface area (Å²) in [7, 11) is 0. The Morgan fingerprint density at radius 2 is 2.05 bits per heavy atom. The minimum absolute atomic E-state index is 0.334. The fourth-order valence-corrected chi connectivity index (χ4v) is 1.37. The number of carboxylic acid groups (broad SMARTS) is 1. The number of hydrogen-bond acceptors (Lipinski definition) is 3. The van der Waals surface area contributed by atoms with Gasteiger partial charge in [-0.05, 0) is 6.07 Å². The molecule has 0 fully saturated rings. The first-order chi connectivity index (χ1) is 8.60. The van der Waals surface area contributed by atoms with Crippen LogP contribution in [0.5, 0.6) is 5.88 Å². The Hall–Kier alpha value is -1.64. The maximum absolute atomic E-state index is 12.6. The molecule has 19 heavy (non-hydrogen) atoms. The zero-order valence-electron chi connectivity index (χ0n) is 8.84. The highest BCUT2D eigenvalue weighted by atomic mass is 35.5. The molecule has 10 heteroatoms. The third-order valence-electron chi connectivity index (χ3n) is 1.83. The summed E-state index contributed by atoms with van der Waals surface area (Å²) in [6.45, 7) is 0. The van der Waals surface area contributed by atoms with Crippen LogP contribution in [0.4, 0.5) is 22.0 Å². The van der Waals surface area contributed by atoms with Crippen LogP contribution < -0.4 is 4.74 Å². The smallest absolute Gasteiger partial charge is 0.481 e. The van der Waals surface area contributed by atoms with E-state index in [4.69, 9.17) is 16.7 Å². The van der Waals surface area contributed by atoms with Crippen LogP contribution in [0, 0.1) is 0 Å². The average Bonchev–Trinajstić information content (AvgIpc) is 2.18. The van der Waals surface area contributed by atoms with E-state index in [1.165, 1.54) is 0 Å². The maximum Gasteiger partial charge on any atom is 0.574 e. The topological polar surface area (TPSA) is 59.4 Å². The third kappa shape index (κ3) is 4.51. The van der Waals surface area contributed by atoms with Crippen molar-refractivity contribution in [2.45, 2.75) is 19.2 Å². The summed E-state index contributed by atoms with van der Waals surface area (Å²) in [5.74, 6) is -2.80. The van der Waals surface area contributed by atoms with E-state index < -0.39 is 41.8 Å². The third-order valence-corrected chi connectivity index (χ3v) is 2.16. The molecule has 0 amide bonds. The minimum Gasteiger partial charge on any atom is -0.481 e. The van der Waals surface area contributed by atoms with Gasteiger partial charge in [0.1, 0.15) is 5.15 Å². The van der Waals surface area contributed by atoms with Crippen LogP contribution in [0.2, 0.25) is 5.15 Å². The van der Waals surface area contributed by atoms with Gasteiger partial charge in [0, 0.05) is 5.56 Å². The van der Waals surface area contributed by atoms with Gasteiger partial charge >= 0.3 is 12.3 Å². The van der Waals surface area contributed by atoms with Crippen molar-refractivity contribution in [2.75, 3.05) is 0 Å². The van der Waals surface area contributed by atoms with E-state index in [1.54, 1.807) is 0 Å². The summed E-state index contributed by atoms with van der Waals surface area (Å²) in [5.41, 5.74) is -1.52. The molecule has 0 radical (unpaired) electrons. The monoisotopic (exact) mass is 305 g/mol. The Kier molecular flexibility index (Phi) is 4.51. The fourth-order valence-electron chi connectivity index (χ4n) is 1.17. The molecule has 1 N–H and O–H groups in total. The van der Waals surface area contributed by atoms with E-state index >= 15 is 0 Å². The molecule has 0 aromatic carbocycles. The predicted octanol–water partition coefficient (Wildman–Crippen LogP) is 3.20. The Morgan fingerprint density at radius 3 is 2.47 bits per heavy atom. The van der Waals surface area contributed by atoms with Gasteiger partial charge in [-0.1, -0.05) is 11.6 Å². The summed E-state index contributed by atoms with van der Waals surface area (Å²) in [6, 6.07) is 0.523. The van der Waals surface area contributed by atoms with E-state index in [9.17, 15) is 26.7 Å². The molecule has 0 spiro atoms. The van der Waals surface area contributed by atoms with Crippen LogP contribution in [0.3, 0.4) is 0 Å². The van der Waals surface area contributed by atoms with Crippen molar-refractivity contribution < 1.29 is 36.6 Å². The lowest BCUT2D eigenvalue weighted by atomic mass is 10.1. The number of carboxylic acids is 1. The van der Waals surface area contributed by atoms with Gasteiger partial charge in [0.2, 0.25) is 5.88 Å². The van der Waals surface area contributed by atoms with Crippen LogP contribution in [0.1, 0.15) is 17.6 Å². The number of carbonyl (C=O) groups is 1. The summed E-state index contributed by atoms with van der Waals surface area (Å²) >= 11 is 5.41. The SMILES string of the molecule is O=C(O)Cc1cc(C(F)F)c(OC(F)(F)F)nc1Cl. The maximum atomic E-state index is 12.6.